The zero-order chi connectivity index (χ0) is 21.1. The second-order valence-corrected chi connectivity index (χ2v) is 8.38. The van der Waals surface area contributed by atoms with Crippen molar-refractivity contribution in [2.45, 2.75) is 25.5 Å². The number of aromatic nitrogens is 2. The van der Waals surface area contributed by atoms with Gasteiger partial charge in [-0.2, -0.15) is 0 Å². The normalized spacial score (nSPS) is 12.6. The van der Waals surface area contributed by atoms with Crippen LogP contribution in [0.3, 0.4) is 0 Å². The first-order chi connectivity index (χ1) is 14.5. The highest BCUT2D eigenvalue weighted by atomic mass is 32.2. The van der Waals surface area contributed by atoms with Crippen LogP contribution in [0, 0.1) is 13.8 Å². The maximum atomic E-state index is 12.7. The van der Waals surface area contributed by atoms with Gasteiger partial charge >= 0.3 is 0 Å². The van der Waals surface area contributed by atoms with Gasteiger partial charge in [-0.05, 0) is 54.8 Å². The Morgan fingerprint density at radius 1 is 1.10 bits per heavy atom. The summed E-state index contributed by atoms with van der Waals surface area (Å²) < 4.78 is 13.2. The van der Waals surface area contributed by atoms with Gasteiger partial charge in [-0.15, -0.1) is 0 Å². The number of fused-ring (bicyclic) bond motifs is 1. The van der Waals surface area contributed by atoms with E-state index in [4.69, 9.17) is 9.47 Å². The second-order valence-electron chi connectivity index (χ2n) is 7.44. The summed E-state index contributed by atoms with van der Waals surface area (Å²) in [5.41, 5.74) is 4.47. The number of carbonyl (C=O) groups is 1. The van der Waals surface area contributed by atoms with E-state index in [9.17, 15) is 4.79 Å². The molecule has 0 atom stereocenters. The van der Waals surface area contributed by atoms with Crippen LogP contribution in [0.15, 0.2) is 53.9 Å². The molecule has 3 aromatic rings. The van der Waals surface area contributed by atoms with Crippen LogP contribution >= 0.6 is 11.8 Å². The largest absolute Gasteiger partial charge is 0.486 e. The van der Waals surface area contributed by atoms with Gasteiger partial charge in [0, 0.05) is 31.7 Å². The molecule has 6 nitrogen and oxygen atoms in total. The molecular weight excluding hydrogens is 398 g/mol. The molecule has 156 valence electrons. The summed E-state index contributed by atoms with van der Waals surface area (Å²) >= 11 is 1.45. The molecular formula is C23H25N3O3S. The van der Waals surface area contributed by atoms with Gasteiger partial charge in [-0.1, -0.05) is 23.9 Å². The number of carbonyl (C=O) groups excluding carboxylic acids is 1. The summed E-state index contributed by atoms with van der Waals surface area (Å²) in [6.07, 6.45) is 3.70. The van der Waals surface area contributed by atoms with Crippen molar-refractivity contribution in [3.05, 3.63) is 65.5 Å². The van der Waals surface area contributed by atoms with Crippen molar-refractivity contribution in [3.63, 3.8) is 0 Å². The van der Waals surface area contributed by atoms with Gasteiger partial charge in [0.05, 0.1) is 5.75 Å². The third kappa shape index (κ3) is 4.62. The molecule has 0 spiro atoms. The highest BCUT2D eigenvalue weighted by Gasteiger charge is 2.16. The minimum absolute atomic E-state index is 0.0462. The average molecular weight is 424 g/mol. The SMILES string of the molecule is Cc1cc(C)cc(-n2ccnc2SCC(=O)N(C)Cc2ccc3c(c2)OCCO3)c1. The minimum atomic E-state index is 0.0462. The number of amides is 1. The summed E-state index contributed by atoms with van der Waals surface area (Å²) in [5.74, 6) is 1.87. The molecule has 4 rings (SSSR count). The maximum Gasteiger partial charge on any atom is 0.233 e. The summed E-state index contributed by atoms with van der Waals surface area (Å²) in [4.78, 5) is 18.9. The van der Waals surface area contributed by atoms with Crippen molar-refractivity contribution in [2.75, 3.05) is 26.0 Å². The van der Waals surface area contributed by atoms with Crippen molar-refractivity contribution in [1.82, 2.24) is 14.5 Å². The molecule has 1 aliphatic heterocycles. The minimum Gasteiger partial charge on any atom is -0.486 e. The molecule has 0 radical (unpaired) electrons. The van der Waals surface area contributed by atoms with Crippen LogP contribution in [-0.4, -0.2) is 46.4 Å². The molecule has 2 heterocycles. The molecule has 30 heavy (non-hydrogen) atoms. The average Bonchev–Trinajstić information content (AvgIpc) is 3.20. The zero-order valence-corrected chi connectivity index (χ0v) is 18.2. The topological polar surface area (TPSA) is 56.6 Å². The number of imidazole rings is 1. The van der Waals surface area contributed by atoms with Crippen molar-refractivity contribution < 1.29 is 14.3 Å². The van der Waals surface area contributed by atoms with E-state index >= 15 is 0 Å². The van der Waals surface area contributed by atoms with Gasteiger partial charge in [0.25, 0.3) is 0 Å². The Balaban J connectivity index is 1.39. The maximum absolute atomic E-state index is 12.7. The smallest absolute Gasteiger partial charge is 0.233 e. The van der Waals surface area contributed by atoms with Crippen molar-refractivity contribution in [2.24, 2.45) is 0 Å². The molecule has 0 N–H and O–H groups in total. The molecule has 2 aromatic carbocycles. The molecule has 1 aliphatic rings. The number of ether oxygens (including phenoxy) is 2. The number of rotatable bonds is 6. The Morgan fingerprint density at radius 2 is 1.83 bits per heavy atom. The highest BCUT2D eigenvalue weighted by molar-refractivity contribution is 7.99. The van der Waals surface area contributed by atoms with E-state index < -0.39 is 0 Å². The lowest BCUT2D eigenvalue weighted by atomic mass is 10.1. The molecule has 0 unspecified atom stereocenters. The van der Waals surface area contributed by atoms with Crippen molar-refractivity contribution in [3.8, 4) is 17.2 Å². The Kier molecular flexibility index (Phi) is 5.99. The Morgan fingerprint density at radius 3 is 2.60 bits per heavy atom. The van der Waals surface area contributed by atoms with Crippen molar-refractivity contribution in [1.29, 1.82) is 0 Å². The fourth-order valence-corrected chi connectivity index (χ4v) is 4.38. The lowest BCUT2D eigenvalue weighted by Crippen LogP contribution is -2.28. The Hall–Kier alpha value is -2.93. The molecule has 1 amide bonds. The second kappa shape index (κ2) is 8.83. The summed E-state index contributed by atoms with van der Waals surface area (Å²) in [7, 11) is 1.82. The van der Waals surface area contributed by atoms with Crippen LogP contribution in [0.25, 0.3) is 5.69 Å². The van der Waals surface area contributed by atoms with Crippen LogP contribution in [0.2, 0.25) is 0 Å². The zero-order valence-electron chi connectivity index (χ0n) is 17.4. The van der Waals surface area contributed by atoms with Crippen LogP contribution in [-0.2, 0) is 11.3 Å². The molecule has 0 aliphatic carbocycles. The quantitative estimate of drug-likeness (QED) is 0.561. The van der Waals surface area contributed by atoms with Gasteiger partial charge in [0.1, 0.15) is 13.2 Å². The van der Waals surface area contributed by atoms with Gasteiger partial charge in [-0.25, -0.2) is 4.98 Å². The van der Waals surface area contributed by atoms with E-state index in [2.05, 4.69) is 37.0 Å². The van der Waals surface area contributed by atoms with Gasteiger partial charge in [0.15, 0.2) is 16.7 Å². The fraction of sp³-hybridized carbons (Fsp3) is 0.304. The molecule has 1 aromatic heterocycles. The van der Waals surface area contributed by atoms with Crippen LogP contribution in [0.1, 0.15) is 16.7 Å². The molecule has 7 heteroatoms. The van der Waals surface area contributed by atoms with Crippen LogP contribution in [0.5, 0.6) is 11.5 Å². The molecule has 0 bridgehead atoms. The fourth-order valence-electron chi connectivity index (χ4n) is 3.47. The number of benzene rings is 2. The van der Waals surface area contributed by atoms with Gasteiger partial charge < -0.3 is 14.4 Å². The number of hydrogen-bond acceptors (Lipinski definition) is 5. The highest BCUT2D eigenvalue weighted by Crippen LogP contribution is 2.31. The summed E-state index contributed by atoms with van der Waals surface area (Å²) in [6.45, 7) is 5.80. The Bertz CT molecular complexity index is 1040. The number of aryl methyl sites for hydroxylation is 2. The van der Waals surface area contributed by atoms with E-state index in [1.807, 2.05) is 36.0 Å². The third-order valence-electron chi connectivity index (χ3n) is 4.87. The van der Waals surface area contributed by atoms with E-state index in [1.165, 1.54) is 22.9 Å². The van der Waals surface area contributed by atoms with Crippen molar-refractivity contribution >= 4 is 17.7 Å². The first-order valence-corrected chi connectivity index (χ1v) is 10.9. The number of nitrogens with zero attached hydrogens (tertiary/aromatic N) is 3. The Labute approximate surface area is 180 Å². The first kappa shape index (κ1) is 20.3. The van der Waals surface area contributed by atoms with Gasteiger partial charge in [-0.3, -0.25) is 9.36 Å². The third-order valence-corrected chi connectivity index (χ3v) is 5.82. The molecule has 0 saturated heterocycles. The monoisotopic (exact) mass is 423 g/mol. The van der Waals surface area contributed by atoms with E-state index in [-0.39, 0.29) is 5.91 Å². The first-order valence-electron chi connectivity index (χ1n) is 9.87. The van der Waals surface area contributed by atoms with E-state index in [1.54, 1.807) is 11.1 Å². The number of thioether (sulfide) groups is 1. The van der Waals surface area contributed by atoms with E-state index in [0.717, 1.165) is 27.9 Å². The van der Waals surface area contributed by atoms with Crippen LogP contribution in [0.4, 0.5) is 0 Å². The lowest BCUT2D eigenvalue weighted by molar-refractivity contribution is -0.127. The summed E-state index contributed by atoms with van der Waals surface area (Å²) in [6, 6.07) is 12.2. The van der Waals surface area contributed by atoms with Crippen LogP contribution < -0.4 is 9.47 Å². The lowest BCUT2D eigenvalue weighted by Gasteiger charge is -2.21. The van der Waals surface area contributed by atoms with Gasteiger partial charge in [0.2, 0.25) is 5.91 Å². The predicted octanol–water partition coefficient (Wildman–Crippen LogP) is 4.01. The summed E-state index contributed by atoms with van der Waals surface area (Å²) in [5, 5.41) is 0.807. The molecule has 0 fully saturated rings. The standard InChI is InChI=1S/C23H25N3O3S/c1-16-10-17(2)12-19(11-16)26-7-6-24-23(26)30-15-22(27)25(3)14-18-4-5-20-21(13-18)29-9-8-28-20/h4-7,10-13H,8-9,14-15H2,1-3H3. The number of hydrogen-bond donors (Lipinski definition) is 0. The predicted molar refractivity (Wildman–Crippen MR) is 118 cm³/mol. The van der Waals surface area contributed by atoms with E-state index in [0.29, 0.717) is 25.5 Å². The molecule has 0 saturated carbocycles.